The third-order valence-corrected chi connectivity index (χ3v) is 13.1. The van der Waals surface area contributed by atoms with Crippen molar-refractivity contribution >= 4 is 51.4 Å². The Hall–Kier alpha value is -3.39. The summed E-state index contributed by atoms with van der Waals surface area (Å²) in [6.07, 6.45) is 4.05. The van der Waals surface area contributed by atoms with E-state index in [4.69, 9.17) is 21.1 Å². The van der Waals surface area contributed by atoms with Gasteiger partial charge in [0.05, 0.1) is 18.3 Å². The van der Waals surface area contributed by atoms with E-state index in [1.165, 1.54) is 9.80 Å². The number of carbonyl (C=O) groups is 5. The molecule has 1 aromatic rings. The van der Waals surface area contributed by atoms with E-state index in [2.05, 4.69) is 10.0 Å². The molecule has 4 fully saturated rings. The molecule has 5 atom stereocenters. The van der Waals surface area contributed by atoms with Gasteiger partial charge in [-0.3, -0.25) is 28.8 Å². The Morgan fingerprint density at radius 3 is 2.35 bits per heavy atom. The van der Waals surface area contributed by atoms with Crippen LogP contribution in [0.3, 0.4) is 0 Å². The molecular weight excluding hydrogens is 700 g/mol. The zero-order chi connectivity index (χ0) is 36.9. The zero-order valence-corrected chi connectivity index (χ0v) is 31.3. The number of sulfonamides is 1. The molecule has 13 nitrogen and oxygen atoms in total. The number of ether oxygens (including phenoxy) is 2. The smallest absolute Gasteiger partial charge is 0.410 e. The van der Waals surface area contributed by atoms with Crippen molar-refractivity contribution in [2.24, 2.45) is 17.8 Å². The van der Waals surface area contributed by atoms with Crippen LogP contribution in [-0.4, -0.2) is 83.1 Å². The van der Waals surface area contributed by atoms with Crippen LogP contribution in [0.5, 0.6) is 0 Å². The second-order valence-electron chi connectivity index (χ2n) is 15.8. The number of nitrogens with zero attached hydrogens (tertiary/aromatic N) is 2. The molecule has 0 radical (unpaired) electrons. The van der Waals surface area contributed by atoms with Crippen LogP contribution in [0.2, 0.25) is 5.02 Å². The van der Waals surface area contributed by atoms with Crippen LogP contribution in [0, 0.1) is 17.8 Å². The molecule has 280 valence electrons. The van der Waals surface area contributed by atoms with E-state index in [0.717, 1.165) is 30.4 Å². The normalized spacial score (nSPS) is 27.0. The molecule has 0 bridgehead atoms. The number of esters is 1. The average molecular weight is 749 g/mol. The van der Waals surface area contributed by atoms with Crippen LogP contribution in [0.4, 0.5) is 4.79 Å². The van der Waals surface area contributed by atoms with E-state index < -0.39 is 74.3 Å². The largest absolute Gasteiger partial charge is 0.459 e. The van der Waals surface area contributed by atoms with Gasteiger partial charge < -0.3 is 19.7 Å². The maximum absolute atomic E-state index is 14.6. The standard InChI is InChI=1S/C36H49ClN4O9S/c1-5-23-17-36(23,33(45)39-51(47,48)25-14-15-25)38-30(42)28-16-24(49-34(46)40-18-22-12-9-13-27(37)26(22)20-40)19-41(28)31(43)29(21-10-7-6-8-11-21)32(44)50-35(2,3)4/h9,12-13,21,23-25,28-29H,5-8,10-11,14-20H2,1-4H3,(H,38,42)(H,39,45)/t23-,24+,28-,29?,36+/m0/s1. The minimum Gasteiger partial charge on any atom is -0.459 e. The Morgan fingerprint density at radius 1 is 1.04 bits per heavy atom. The third-order valence-electron chi connectivity index (χ3n) is 10.9. The number of nitrogens with one attached hydrogen (secondary N) is 2. The minimum atomic E-state index is -3.88. The monoisotopic (exact) mass is 748 g/mol. The molecule has 0 spiro atoms. The van der Waals surface area contributed by atoms with Gasteiger partial charge in [-0.25, -0.2) is 13.2 Å². The summed E-state index contributed by atoms with van der Waals surface area (Å²) < 4.78 is 39.2. The molecule has 2 aliphatic heterocycles. The fourth-order valence-electron chi connectivity index (χ4n) is 7.90. The van der Waals surface area contributed by atoms with Crippen LogP contribution in [0.15, 0.2) is 18.2 Å². The fourth-order valence-corrected chi connectivity index (χ4v) is 9.52. The van der Waals surface area contributed by atoms with Crippen molar-refractivity contribution in [2.75, 3.05) is 6.54 Å². The second kappa shape index (κ2) is 14.2. The van der Waals surface area contributed by atoms with Gasteiger partial charge in [0.2, 0.25) is 21.8 Å². The predicted octanol–water partition coefficient (Wildman–Crippen LogP) is 4.19. The number of fused-ring (bicyclic) bond motifs is 1. The lowest BCUT2D eigenvalue weighted by Gasteiger charge is -2.34. The van der Waals surface area contributed by atoms with E-state index in [1.807, 2.05) is 19.1 Å². The first-order chi connectivity index (χ1) is 24.0. The van der Waals surface area contributed by atoms with Gasteiger partial charge in [0.1, 0.15) is 29.2 Å². The molecule has 1 saturated heterocycles. The van der Waals surface area contributed by atoms with Crippen molar-refractivity contribution in [1.29, 1.82) is 0 Å². The molecule has 2 heterocycles. The Bertz CT molecular complexity index is 1690. The van der Waals surface area contributed by atoms with Crippen LogP contribution in [0.1, 0.15) is 103 Å². The molecule has 1 unspecified atom stereocenters. The number of hydrogen-bond donors (Lipinski definition) is 2. The first-order valence-corrected chi connectivity index (χ1v) is 20.1. The van der Waals surface area contributed by atoms with Gasteiger partial charge in [-0.2, -0.15) is 0 Å². The van der Waals surface area contributed by atoms with Gasteiger partial charge in [0.15, 0.2) is 0 Å². The summed E-state index contributed by atoms with van der Waals surface area (Å²) in [5.41, 5.74) is -0.602. The Morgan fingerprint density at radius 2 is 1.75 bits per heavy atom. The highest BCUT2D eigenvalue weighted by Crippen LogP contribution is 2.47. The van der Waals surface area contributed by atoms with Gasteiger partial charge in [-0.1, -0.05) is 56.3 Å². The predicted molar refractivity (Wildman–Crippen MR) is 186 cm³/mol. The maximum Gasteiger partial charge on any atom is 0.410 e. The number of likely N-dealkylation sites (tertiary alicyclic amines) is 1. The molecule has 2 N–H and O–H groups in total. The summed E-state index contributed by atoms with van der Waals surface area (Å²) in [6.45, 7) is 7.42. The molecule has 5 aliphatic rings. The summed E-state index contributed by atoms with van der Waals surface area (Å²) in [7, 11) is -3.88. The van der Waals surface area contributed by atoms with Gasteiger partial charge in [-0.15, -0.1) is 0 Å². The molecule has 15 heteroatoms. The van der Waals surface area contributed by atoms with Gasteiger partial charge >= 0.3 is 12.1 Å². The SMILES string of the molecule is CC[C@H]1C[C@]1(NC(=O)[C@@H]1C[C@@H](OC(=O)N2Cc3cccc(Cl)c3C2)CN1C(=O)C(C(=O)OC(C)(C)C)C1CCCCC1)C(=O)NS(=O)(=O)C1CC1. The number of benzene rings is 1. The maximum atomic E-state index is 14.6. The molecular formula is C36H49ClN4O9S. The highest BCUT2D eigenvalue weighted by Gasteiger charge is 2.62. The molecule has 51 heavy (non-hydrogen) atoms. The van der Waals surface area contributed by atoms with E-state index in [9.17, 15) is 32.4 Å². The average Bonchev–Trinajstić information content (AvgIpc) is 3.95. The molecule has 6 rings (SSSR count). The molecule has 0 aromatic heterocycles. The summed E-state index contributed by atoms with van der Waals surface area (Å²) in [6, 6.07) is 4.25. The summed E-state index contributed by atoms with van der Waals surface area (Å²) in [5, 5.41) is 2.73. The molecule has 3 aliphatic carbocycles. The Labute approximate surface area is 304 Å². The van der Waals surface area contributed by atoms with Crippen LogP contribution in [-0.2, 0) is 51.8 Å². The highest BCUT2D eigenvalue weighted by atomic mass is 35.5. The van der Waals surface area contributed by atoms with Crippen molar-refractivity contribution in [2.45, 2.75) is 134 Å². The van der Waals surface area contributed by atoms with E-state index >= 15 is 0 Å². The van der Waals surface area contributed by atoms with E-state index in [-0.39, 0.29) is 44.3 Å². The minimum absolute atomic E-state index is 0.0779. The van der Waals surface area contributed by atoms with Crippen molar-refractivity contribution in [3.63, 3.8) is 0 Å². The summed E-state index contributed by atoms with van der Waals surface area (Å²) in [4.78, 5) is 72.3. The van der Waals surface area contributed by atoms with Crippen LogP contribution < -0.4 is 10.0 Å². The van der Waals surface area contributed by atoms with Gasteiger partial charge in [-0.05, 0) is 81.9 Å². The molecule has 1 aromatic carbocycles. The molecule has 3 saturated carbocycles. The fraction of sp³-hybridized carbons (Fsp3) is 0.694. The Kier molecular flexibility index (Phi) is 10.4. The number of hydrogen-bond acceptors (Lipinski definition) is 9. The molecule has 4 amide bonds. The lowest BCUT2D eigenvalue weighted by atomic mass is 9.79. The first-order valence-electron chi connectivity index (χ1n) is 18.2. The number of rotatable bonds is 10. The zero-order valence-electron chi connectivity index (χ0n) is 29.7. The number of amides is 4. The van der Waals surface area contributed by atoms with Crippen molar-refractivity contribution in [3.8, 4) is 0 Å². The summed E-state index contributed by atoms with van der Waals surface area (Å²) in [5.74, 6) is -4.51. The van der Waals surface area contributed by atoms with Crippen molar-refractivity contribution in [1.82, 2.24) is 19.8 Å². The van der Waals surface area contributed by atoms with Gasteiger partial charge in [0, 0.05) is 18.0 Å². The lowest BCUT2D eigenvalue weighted by molar-refractivity contribution is -0.169. The van der Waals surface area contributed by atoms with Crippen LogP contribution >= 0.6 is 11.6 Å². The van der Waals surface area contributed by atoms with E-state index in [0.29, 0.717) is 37.1 Å². The number of halogens is 1. The van der Waals surface area contributed by atoms with Crippen LogP contribution in [0.25, 0.3) is 0 Å². The quantitative estimate of drug-likeness (QED) is 0.263. The van der Waals surface area contributed by atoms with Crippen molar-refractivity contribution < 1.29 is 41.9 Å². The first kappa shape index (κ1) is 37.4. The highest BCUT2D eigenvalue weighted by molar-refractivity contribution is 7.91. The summed E-state index contributed by atoms with van der Waals surface area (Å²) >= 11 is 6.36. The third kappa shape index (κ3) is 8.01. The van der Waals surface area contributed by atoms with Crippen molar-refractivity contribution in [3.05, 3.63) is 34.3 Å². The Balaban J connectivity index is 1.25. The second-order valence-corrected chi connectivity index (χ2v) is 18.2. The number of carbonyl (C=O) groups excluding carboxylic acids is 5. The topological polar surface area (TPSA) is 168 Å². The van der Waals surface area contributed by atoms with Gasteiger partial charge in [0.25, 0.3) is 5.91 Å². The van der Waals surface area contributed by atoms with E-state index in [1.54, 1.807) is 26.8 Å². The lowest BCUT2D eigenvalue weighted by Crippen LogP contribution is -2.57.